The number of para-hydroxylation sites is 1. The summed E-state index contributed by atoms with van der Waals surface area (Å²) in [5.74, 6) is 0.738. The lowest BCUT2D eigenvalue weighted by Gasteiger charge is -2.10. The zero-order valence-electron chi connectivity index (χ0n) is 17.3. The van der Waals surface area contributed by atoms with Crippen LogP contribution in [0.3, 0.4) is 0 Å². The first-order chi connectivity index (χ1) is 16.3. The SMILES string of the molecule is c1c[nH]c(-c2cccc3nc(-c4cc5ccccc5s4)nc(-c4nc5ccccc5s4)c23)c1. The van der Waals surface area contributed by atoms with E-state index in [4.69, 9.17) is 15.0 Å². The average Bonchev–Trinajstić information content (AvgIpc) is 3.62. The van der Waals surface area contributed by atoms with E-state index in [1.165, 1.54) is 10.1 Å². The predicted molar refractivity (Wildman–Crippen MR) is 139 cm³/mol. The molecule has 0 radical (unpaired) electrons. The van der Waals surface area contributed by atoms with E-state index >= 15 is 0 Å². The van der Waals surface area contributed by atoms with Crippen molar-refractivity contribution in [1.29, 1.82) is 0 Å². The quantitative estimate of drug-likeness (QED) is 0.293. The molecule has 4 nitrogen and oxygen atoms in total. The van der Waals surface area contributed by atoms with Crippen LogP contribution in [0.4, 0.5) is 0 Å². The molecule has 1 N–H and O–H groups in total. The van der Waals surface area contributed by atoms with E-state index in [-0.39, 0.29) is 0 Å². The van der Waals surface area contributed by atoms with Crippen molar-refractivity contribution in [2.24, 2.45) is 0 Å². The molecule has 0 aliphatic heterocycles. The highest BCUT2D eigenvalue weighted by atomic mass is 32.1. The molecule has 0 spiro atoms. The number of rotatable bonds is 3. The average molecular weight is 461 g/mol. The van der Waals surface area contributed by atoms with Crippen LogP contribution >= 0.6 is 22.7 Å². The van der Waals surface area contributed by atoms with E-state index in [1.807, 2.05) is 18.3 Å². The third-order valence-corrected chi connectivity index (χ3v) is 7.91. The van der Waals surface area contributed by atoms with Crippen molar-refractivity contribution in [3.8, 4) is 32.7 Å². The molecule has 0 unspecified atom stereocenters. The van der Waals surface area contributed by atoms with Crippen LogP contribution in [0.2, 0.25) is 0 Å². The number of nitrogens with one attached hydrogen (secondary N) is 1. The smallest absolute Gasteiger partial charge is 0.170 e. The van der Waals surface area contributed by atoms with Gasteiger partial charge in [0.05, 0.1) is 20.6 Å². The number of benzene rings is 3. The van der Waals surface area contributed by atoms with Crippen LogP contribution in [0.5, 0.6) is 0 Å². The molecule has 0 bridgehead atoms. The third-order valence-electron chi connectivity index (χ3n) is 5.75. The zero-order chi connectivity index (χ0) is 21.8. The summed E-state index contributed by atoms with van der Waals surface area (Å²) in [5, 5.41) is 3.14. The van der Waals surface area contributed by atoms with Gasteiger partial charge in [-0.1, -0.05) is 42.5 Å². The van der Waals surface area contributed by atoms with Crippen LogP contribution < -0.4 is 0 Å². The fraction of sp³-hybridized carbons (Fsp3) is 0. The van der Waals surface area contributed by atoms with Crippen molar-refractivity contribution >= 4 is 53.9 Å². The van der Waals surface area contributed by atoms with Gasteiger partial charge in [0.25, 0.3) is 0 Å². The van der Waals surface area contributed by atoms with Gasteiger partial charge in [0.15, 0.2) is 5.82 Å². The summed E-state index contributed by atoms with van der Waals surface area (Å²) in [6.07, 6.45) is 1.94. The molecule has 156 valence electrons. The first-order valence-electron chi connectivity index (χ1n) is 10.6. The van der Waals surface area contributed by atoms with Crippen molar-refractivity contribution in [2.75, 3.05) is 0 Å². The standard InChI is InChI=1S/C27H16N4S2/c1-3-12-21-16(7-1)15-23(32-21)26-29-20-10-5-8-17(18-11-6-14-28-18)24(20)25(31-26)27-30-19-9-2-4-13-22(19)33-27/h1-15,28H. The Hall–Kier alpha value is -3.87. The number of nitrogens with zero attached hydrogens (tertiary/aromatic N) is 3. The molecule has 4 heterocycles. The Morgan fingerprint density at radius 3 is 2.36 bits per heavy atom. The molecular formula is C27H16N4S2. The van der Waals surface area contributed by atoms with E-state index in [1.54, 1.807) is 22.7 Å². The summed E-state index contributed by atoms with van der Waals surface area (Å²) < 4.78 is 2.39. The molecule has 0 fully saturated rings. The number of thiazole rings is 1. The first kappa shape index (κ1) is 18.7. The van der Waals surface area contributed by atoms with Gasteiger partial charge in [0, 0.05) is 27.5 Å². The molecule has 0 aliphatic carbocycles. The summed E-state index contributed by atoms with van der Waals surface area (Å²) in [5.41, 5.74) is 4.90. The summed E-state index contributed by atoms with van der Waals surface area (Å²) >= 11 is 3.39. The Labute approximate surface area is 197 Å². The molecule has 7 rings (SSSR count). The number of fused-ring (bicyclic) bond motifs is 3. The predicted octanol–water partition coefficient (Wildman–Crippen LogP) is 7.78. The van der Waals surface area contributed by atoms with Crippen molar-refractivity contribution in [3.63, 3.8) is 0 Å². The molecule has 0 saturated carbocycles. The van der Waals surface area contributed by atoms with E-state index in [0.717, 1.165) is 53.8 Å². The lowest BCUT2D eigenvalue weighted by Crippen LogP contribution is -1.96. The monoisotopic (exact) mass is 460 g/mol. The van der Waals surface area contributed by atoms with Gasteiger partial charge in [0.1, 0.15) is 10.7 Å². The lowest BCUT2D eigenvalue weighted by atomic mass is 10.0. The largest absolute Gasteiger partial charge is 0.361 e. The second kappa shape index (κ2) is 7.33. The van der Waals surface area contributed by atoms with Gasteiger partial charge in [-0.15, -0.1) is 22.7 Å². The van der Waals surface area contributed by atoms with Gasteiger partial charge >= 0.3 is 0 Å². The van der Waals surface area contributed by atoms with E-state index in [2.05, 4.69) is 77.8 Å². The Morgan fingerprint density at radius 2 is 1.52 bits per heavy atom. The van der Waals surface area contributed by atoms with Gasteiger partial charge in [-0.2, -0.15) is 0 Å². The molecule has 0 aliphatic rings. The van der Waals surface area contributed by atoms with Crippen molar-refractivity contribution in [2.45, 2.75) is 0 Å². The minimum atomic E-state index is 0.738. The van der Waals surface area contributed by atoms with Gasteiger partial charge in [-0.05, 0) is 47.9 Å². The highest BCUT2D eigenvalue weighted by molar-refractivity contribution is 7.22. The van der Waals surface area contributed by atoms with Crippen LogP contribution in [0.25, 0.3) is 63.9 Å². The Balaban J connectivity index is 1.55. The van der Waals surface area contributed by atoms with Crippen LogP contribution in [-0.4, -0.2) is 19.9 Å². The molecule has 3 aromatic carbocycles. The van der Waals surface area contributed by atoms with E-state index in [0.29, 0.717) is 0 Å². The van der Waals surface area contributed by atoms with E-state index in [9.17, 15) is 0 Å². The number of hydrogen-bond donors (Lipinski definition) is 1. The molecule has 6 heteroatoms. The maximum Gasteiger partial charge on any atom is 0.170 e. The maximum absolute atomic E-state index is 5.14. The molecule has 4 aromatic heterocycles. The van der Waals surface area contributed by atoms with E-state index < -0.39 is 0 Å². The number of hydrogen-bond acceptors (Lipinski definition) is 5. The normalized spacial score (nSPS) is 11.6. The van der Waals surface area contributed by atoms with Crippen LogP contribution in [-0.2, 0) is 0 Å². The molecule has 7 aromatic rings. The topological polar surface area (TPSA) is 54.5 Å². The Bertz CT molecular complexity index is 1710. The van der Waals surface area contributed by atoms with Gasteiger partial charge < -0.3 is 4.98 Å². The number of aromatic nitrogens is 4. The molecule has 0 atom stereocenters. The maximum atomic E-state index is 5.14. The highest BCUT2D eigenvalue weighted by Crippen LogP contribution is 2.40. The minimum Gasteiger partial charge on any atom is -0.361 e. The number of H-pyrrole nitrogens is 1. The highest BCUT2D eigenvalue weighted by Gasteiger charge is 2.19. The Morgan fingerprint density at radius 1 is 0.667 bits per heavy atom. The lowest BCUT2D eigenvalue weighted by molar-refractivity contribution is 1.23. The number of aromatic amines is 1. The Kier molecular flexibility index (Phi) is 4.15. The van der Waals surface area contributed by atoms with Crippen LogP contribution in [0, 0.1) is 0 Å². The first-order valence-corrected chi connectivity index (χ1v) is 12.3. The fourth-order valence-electron chi connectivity index (χ4n) is 4.24. The van der Waals surface area contributed by atoms with Crippen molar-refractivity contribution < 1.29 is 0 Å². The van der Waals surface area contributed by atoms with Gasteiger partial charge in [0.2, 0.25) is 0 Å². The molecule has 33 heavy (non-hydrogen) atoms. The third kappa shape index (κ3) is 3.07. The molecule has 0 amide bonds. The fourth-order valence-corrected chi connectivity index (χ4v) is 6.19. The number of thiophene rings is 1. The van der Waals surface area contributed by atoms with Crippen LogP contribution in [0.15, 0.2) is 91.1 Å². The molecular weight excluding hydrogens is 444 g/mol. The second-order valence-electron chi connectivity index (χ2n) is 7.81. The summed E-state index contributed by atoms with van der Waals surface area (Å²) in [6.45, 7) is 0. The van der Waals surface area contributed by atoms with Gasteiger partial charge in [-0.3, -0.25) is 0 Å². The molecule has 0 saturated heterocycles. The summed E-state index contributed by atoms with van der Waals surface area (Å²) in [4.78, 5) is 19.5. The summed E-state index contributed by atoms with van der Waals surface area (Å²) in [6, 6.07) is 29.2. The zero-order valence-corrected chi connectivity index (χ0v) is 19.0. The second-order valence-corrected chi connectivity index (χ2v) is 9.93. The van der Waals surface area contributed by atoms with Crippen LogP contribution in [0.1, 0.15) is 0 Å². The van der Waals surface area contributed by atoms with Crippen molar-refractivity contribution in [3.05, 3.63) is 91.1 Å². The van der Waals surface area contributed by atoms with Crippen molar-refractivity contribution in [1.82, 2.24) is 19.9 Å². The van der Waals surface area contributed by atoms with Gasteiger partial charge in [-0.25, -0.2) is 15.0 Å². The minimum absolute atomic E-state index is 0.738. The summed E-state index contributed by atoms with van der Waals surface area (Å²) in [7, 11) is 0.